The summed E-state index contributed by atoms with van der Waals surface area (Å²) in [6.45, 7) is 0. The highest BCUT2D eigenvalue weighted by Crippen LogP contribution is 2.43. The molecule has 0 radical (unpaired) electrons. The van der Waals surface area contributed by atoms with E-state index in [0.717, 1.165) is 44.9 Å². The molecule has 0 bridgehead atoms. The van der Waals surface area contributed by atoms with Crippen LogP contribution in [0.1, 0.15) is 0 Å². The van der Waals surface area contributed by atoms with Crippen molar-refractivity contribution in [3.63, 3.8) is 0 Å². The number of hydrogen-bond acceptors (Lipinski definition) is 3. The lowest BCUT2D eigenvalue weighted by atomic mass is 9.97. The van der Waals surface area contributed by atoms with Crippen LogP contribution in [0.3, 0.4) is 0 Å². The number of para-hydroxylation sites is 2. The van der Waals surface area contributed by atoms with E-state index < -0.39 is 0 Å². The molecule has 252 valence electrons. The fraction of sp³-hybridized carbons (Fsp3) is 0. The van der Waals surface area contributed by atoms with Crippen molar-refractivity contribution in [2.24, 2.45) is 0 Å². The maximum absolute atomic E-state index is 5.24. The van der Waals surface area contributed by atoms with Gasteiger partial charge in [0.15, 0.2) is 5.82 Å². The zero-order chi connectivity index (χ0) is 35.6. The van der Waals surface area contributed by atoms with E-state index in [2.05, 4.69) is 192 Å². The second kappa shape index (κ2) is 12.4. The van der Waals surface area contributed by atoms with E-state index in [1.807, 2.05) is 11.3 Å². The van der Waals surface area contributed by atoms with Crippen LogP contribution in [0.25, 0.3) is 104 Å². The molecule has 0 unspecified atom stereocenters. The Labute approximate surface area is 316 Å². The molecule has 0 aliphatic heterocycles. The lowest BCUT2D eigenvalue weighted by Crippen LogP contribution is -1.97. The average Bonchev–Trinajstić information content (AvgIpc) is 3.78. The maximum Gasteiger partial charge on any atom is 0.161 e. The molecule has 3 aromatic heterocycles. The smallest absolute Gasteiger partial charge is 0.161 e. The monoisotopic (exact) mass is 705 g/mol. The predicted molar refractivity (Wildman–Crippen MR) is 228 cm³/mol. The topological polar surface area (TPSA) is 30.2 Å². The molecule has 0 fully saturated rings. The zero-order valence-electron chi connectivity index (χ0n) is 29.1. The fourth-order valence-electron chi connectivity index (χ4n) is 8.07. The molecule has 54 heavy (non-hydrogen) atoms. The molecule has 0 saturated carbocycles. The molecule has 4 heteroatoms. The first-order valence-electron chi connectivity index (χ1n) is 18.2. The van der Waals surface area contributed by atoms with Gasteiger partial charge in [0, 0.05) is 27.6 Å². The average molecular weight is 706 g/mol. The minimum Gasteiger partial charge on any atom is -0.299 e. The number of thiazole rings is 1. The van der Waals surface area contributed by atoms with E-state index in [9.17, 15) is 0 Å². The summed E-state index contributed by atoms with van der Waals surface area (Å²) in [5, 5.41) is 5.95. The van der Waals surface area contributed by atoms with E-state index in [-0.39, 0.29) is 0 Å². The lowest BCUT2D eigenvalue weighted by molar-refractivity contribution is 1.19. The Kier molecular flexibility index (Phi) is 7.04. The Morgan fingerprint density at radius 2 is 0.963 bits per heavy atom. The third-order valence-corrected chi connectivity index (χ3v) is 11.8. The minimum absolute atomic E-state index is 0.719. The standard InChI is InChI=1S/C50H31N3S/c1-3-18-38-33(12-1)14-10-21-40(38)44-31-43(51-49(52-44)41-22-11-15-34-13-2-4-19-39(34)41)35-28-26-32(27-29-35)36-16-9-17-37(30-36)48-42-20-5-6-23-45(42)53-46-24-7-8-25-47(46)54-50(48)53/h1-31H. The number of nitrogens with zero attached hydrogens (tertiary/aromatic N) is 3. The third kappa shape index (κ3) is 4.96. The number of fused-ring (bicyclic) bond motifs is 7. The first-order chi connectivity index (χ1) is 26.8. The van der Waals surface area contributed by atoms with Gasteiger partial charge in [0.2, 0.25) is 0 Å². The van der Waals surface area contributed by atoms with Gasteiger partial charge in [-0.1, -0.05) is 158 Å². The molecule has 11 rings (SSSR count). The lowest BCUT2D eigenvalue weighted by Gasteiger charge is -2.13. The van der Waals surface area contributed by atoms with Crippen molar-refractivity contribution in [3.8, 4) is 56.2 Å². The largest absolute Gasteiger partial charge is 0.299 e. The van der Waals surface area contributed by atoms with Gasteiger partial charge >= 0.3 is 0 Å². The van der Waals surface area contributed by atoms with Gasteiger partial charge in [-0.25, -0.2) is 9.97 Å². The van der Waals surface area contributed by atoms with E-state index in [4.69, 9.17) is 9.97 Å². The van der Waals surface area contributed by atoms with Crippen LogP contribution < -0.4 is 0 Å². The normalized spacial score (nSPS) is 11.7. The molecule has 3 heterocycles. The van der Waals surface area contributed by atoms with Gasteiger partial charge in [0.25, 0.3) is 0 Å². The van der Waals surface area contributed by atoms with E-state index in [1.54, 1.807) is 0 Å². The highest BCUT2D eigenvalue weighted by molar-refractivity contribution is 7.24. The molecule has 11 aromatic rings. The SMILES string of the molecule is c1cc(-c2ccc(-c3cc(-c4cccc5ccccc45)nc(-c4cccc5ccccc45)n3)cc2)cc(-c2c3ccccc3n3c2sc2ccccc23)c1. The van der Waals surface area contributed by atoms with Gasteiger partial charge in [-0.2, -0.15) is 0 Å². The fourth-order valence-corrected chi connectivity index (χ4v) is 9.31. The first kappa shape index (κ1) is 30.7. The Bertz CT molecular complexity index is 3120. The van der Waals surface area contributed by atoms with Crippen molar-refractivity contribution in [2.75, 3.05) is 0 Å². The van der Waals surface area contributed by atoms with Crippen molar-refractivity contribution in [1.82, 2.24) is 14.4 Å². The van der Waals surface area contributed by atoms with Crippen molar-refractivity contribution < 1.29 is 0 Å². The van der Waals surface area contributed by atoms with E-state index >= 15 is 0 Å². The quantitative estimate of drug-likeness (QED) is 0.178. The summed E-state index contributed by atoms with van der Waals surface area (Å²) in [6, 6.07) is 67.2. The molecule has 0 spiro atoms. The van der Waals surface area contributed by atoms with Crippen LogP contribution in [0.5, 0.6) is 0 Å². The highest BCUT2D eigenvalue weighted by Gasteiger charge is 2.19. The Morgan fingerprint density at radius 3 is 1.76 bits per heavy atom. The molecule has 0 N–H and O–H groups in total. The van der Waals surface area contributed by atoms with Gasteiger partial charge in [-0.15, -0.1) is 11.3 Å². The van der Waals surface area contributed by atoms with Crippen molar-refractivity contribution >= 4 is 58.8 Å². The summed E-state index contributed by atoms with van der Waals surface area (Å²) >= 11 is 1.86. The summed E-state index contributed by atoms with van der Waals surface area (Å²) in [4.78, 5) is 11.8. The van der Waals surface area contributed by atoms with Crippen LogP contribution in [0.15, 0.2) is 188 Å². The van der Waals surface area contributed by atoms with Crippen LogP contribution in [0.2, 0.25) is 0 Å². The van der Waals surface area contributed by atoms with Crippen molar-refractivity contribution in [3.05, 3.63) is 188 Å². The molecule has 3 nitrogen and oxygen atoms in total. The number of aromatic nitrogens is 3. The van der Waals surface area contributed by atoms with Crippen molar-refractivity contribution in [1.29, 1.82) is 0 Å². The molecule has 0 aliphatic carbocycles. The van der Waals surface area contributed by atoms with Crippen LogP contribution in [-0.4, -0.2) is 14.4 Å². The minimum atomic E-state index is 0.719. The summed E-state index contributed by atoms with van der Waals surface area (Å²) in [5.41, 5.74) is 12.3. The van der Waals surface area contributed by atoms with Gasteiger partial charge in [0.1, 0.15) is 4.83 Å². The molecular formula is C50H31N3S. The Hall–Kier alpha value is -6.88. The van der Waals surface area contributed by atoms with Crippen LogP contribution in [0.4, 0.5) is 0 Å². The van der Waals surface area contributed by atoms with Crippen LogP contribution >= 0.6 is 11.3 Å². The molecule has 0 aliphatic rings. The maximum atomic E-state index is 5.24. The highest BCUT2D eigenvalue weighted by atomic mass is 32.1. The Balaban J connectivity index is 1.03. The molecular weight excluding hydrogens is 675 g/mol. The Morgan fingerprint density at radius 1 is 0.389 bits per heavy atom. The molecule has 0 atom stereocenters. The molecule has 8 aromatic carbocycles. The molecule has 0 saturated heterocycles. The summed E-state index contributed by atoms with van der Waals surface area (Å²) < 4.78 is 3.72. The van der Waals surface area contributed by atoms with E-state index in [0.29, 0.717) is 0 Å². The van der Waals surface area contributed by atoms with Crippen LogP contribution in [0, 0.1) is 0 Å². The van der Waals surface area contributed by atoms with Gasteiger partial charge in [0.05, 0.1) is 27.1 Å². The number of benzene rings is 8. The number of rotatable bonds is 5. The van der Waals surface area contributed by atoms with Gasteiger partial charge < -0.3 is 0 Å². The van der Waals surface area contributed by atoms with E-state index in [1.165, 1.54) is 58.8 Å². The second-order valence-corrected chi connectivity index (χ2v) is 14.8. The zero-order valence-corrected chi connectivity index (χ0v) is 30.0. The number of hydrogen-bond donors (Lipinski definition) is 0. The van der Waals surface area contributed by atoms with Crippen LogP contribution in [-0.2, 0) is 0 Å². The van der Waals surface area contributed by atoms with Gasteiger partial charge in [-0.05, 0) is 68.6 Å². The third-order valence-electron chi connectivity index (χ3n) is 10.6. The van der Waals surface area contributed by atoms with Crippen molar-refractivity contribution in [2.45, 2.75) is 0 Å². The summed E-state index contributed by atoms with van der Waals surface area (Å²) in [5.74, 6) is 0.719. The predicted octanol–water partition coefficient (Wildman–Crippen LogP) is 13.7. The first-order valence-corrected chi connectivity index (χ1v) is 19.1. The van der Waals surface area contributed by atoms with Gasteiger partial charge in [-0.3, -0.25) is 4.40 Å². The summed E-state index contributed by atoms with van der Waals surface area (Å²) in [6.07, 6.45) is 0. The molecule has 0 amide bonds. The second-order valence-electron chi connectivity index (χ2n) is 13.8. The summed E-state index contributed by atoms with van der Waals surface area (Å²) in [7, 11) is 0.